The summed E-state index contributed by atoms with van der Waals surface area (Å²) in [6.07, 6.45) is 1.56. The molecule has 0 aliphatic heterocycles. The van der Waals surface area contributed by atoms with E-state index in [9.17, 15) is 4.79 Å². The Bertz CT molecular complexity index is 1490. The zero-order chi connectivity index (χ0) is 22.9. The highest BCUT2D eigenvalue weighted by molar-refractivity contribution is 5.85. The molecule has 3 aromatic carbocycles. The first-order chi connectivity index (χ1) is 16.0. The first-order valence-electron chi connectivity index (χ1n) is 10.9. The number of rotatable bonds is 5. The van der Waals surface area contributed by atoms with Gasteiger partial charge in [0.1, 0.15) is 17.7 Å². The van der Waals surface area contributed by atoms with Crippen molar-refractivity contribution in [2.45, 2.75) is 26.8 Å². The minimum Gasteiger partial charge on any atom is -0.455 e. The predicted molar refractivity (Wildman–Crippen MR) is 131 cm³/mol. The highest BCUT2D eigenvalue weighted by atomic mass is 16.3. The first-order valence-corrected chi connectivity index (χ1v) is 10.9. The fraction of sp³-hybridized carbons (Fsp3) is 0.148. The molecule has 0 unspecified atom stereocenters. The summed E-state index contributed by atoms with van der Waals surface area (Å²) in [4.78, 5) is 16.4. The van der Waals surface area contributed by atoms with Crippen molar-refractivity contribution in [3.63, 3.8) is 0 Å². The average molecular weight is 437 g/mol. The van der Waals surface area contributed by atoms with E-state index in [0.717, 1.165) is 27.9 Å². The van der Waals surface area contributed by atoms with Gasteiger partial charge in [-0.2, -0.15) is 0 Å². The molecule has 164 valence electrons. The summed E-state index contributed by atoms with van der Waals surface area (Å²) in [5.74, 6) is 1.29. The van der Waals surface area contributed by atoms with Crippen molar-refractivity contribution < 1.29 is 4.42 Å². The third kappa shape index (κ3) is 3.80. The van der Waals surface area contributed by atoms with E-state index in [-0.39, 0.29) is 11.5 Å². The molecule has 33 heavy (non-hydrogen) atoms. The van der Waals surface area contributed by atoms with Crippen molar-refractivity contribution >= 4 is 16.7 Å². The Kier molecular flexibility index (Phi) is 5.26. The fourth-order valence-corrected chi connectivity index (χ4v) is 4.22. The molecule has 0 fully saturated rings. The molecule has 0 radical (unpaired) electrons. The zero-order valence-corrected chi connectivity index (χ0v) is 18.7. The van der Waals surface area contributed by atoms with Crippen LogP contribution in [-0.2, 0) is 0 Å². The van der Waals surface area contributed by atoms with Crippen molar-refractivity contribution in [2.24, 2.45) is 0 Å². The van der Waals surface area contributed by atoms with E-state index in [4.69, 9.17) is 4.42 Å². The molecule has 0 saturated carbocycles. The molecule has 0 bridgehead atoms. The molecular formula is C27H24N4O2. The number of aromatic amines is 1. The summed E-state index contributed by atoms with van der Waals surface area (Å²) in [6.45, 7) is 5.89. The Labute approximate surface area is 191 Å². The highest BCUT2D eigenvalue weighted by Crippen LogP contribution is 2.33. The van der Waals surface area contributed by atoms with Crippen molar-refractivity contribution in [3.8, 4) is 22.7 Å². The van der Waals surface area contributed by atoms with E-state index in [1.807, 2.05) is 74.5 Å². The number of aromatic nitrogens is 3. The van der Waals surface area contributed by atoms with Gasteiger partial charge >= 0.3 is 0 Å². The van der Waals surface area contributed by atoms with Crippen LogP contribution < -0.4 is 10.7 Å². The van der Waals surface area contributed by atoms with Crippen molar-refractivity contribution in [1.82, 2.24) is 15.2 Å². The van der Waals surface area contributed by atoms with Gasteiger partial charge in [-0.25, -0.2) is 0 Å². The molecule has 0 aliphatic rings. The number of hydrogen-bond acceptors (Lipinski definition) is 5. The normalized spacial score (nSPS) is 12.1. The van der Waals surface area contributed by atoms with Crippen LogP contribution in [0.5, 0.6) is 0 Å². The van der Waals surface area contributed by atoms with E-state index in [0.29, 0.717) is 28.1 Å². The summed E-state index contributed by atoms with van der Waals surface area (Å²) >= 11 is 0. The SMILES string of the molecule is Cc1cc([C@@H](C)Nc2ccccc2-c2nnc[nH]2)c2oc(-c3ccccc3)c(C)c(=O)c2c1. The monoisotopic (exact) mass is 436 g/mol. The third-order valence-electron chi connectivity index (χ3n) is 5.87. The quantitative estimate of drug-likeness (QED) is 0.351. The van der Waals surface area contributed by atoms with Crippen LogP contribution in [0, 0.1) is 13.8 Å². The number of hydrogen-bond donors (Lipinski definition) is 2. The Hall–Kier alpha value is -4.19. The van der Waals surface area contributed by atoms with Crippen LogP contribution in [0.2, 0.25) is 0 Å². The van der Waals surface area contributed by atoms with Crippen LogP contribution in [0.15, 0.2) is 82.3 Å². The summed E-state index contributed by atoms with van der Waals surface area (Å²) in [5, 5.41) is 12.2. The number of H-pyrrole nitrogens is 1. The van der Waals surface area contributed by atoms with Crippen molar-refractivity contribution in [1.29, 1.82) is 0 Å². The van der Waals surface area contributed by atoms with Gasteiger partial charge < -0.3 is 14.7 Å². The lowest BCUT2D eigenvalue weighted by Gasteiger charge is -2.20. The smallest absolute Gasteiger partial charge is 0.196 e. The fourth-order valence-electron chi connectivity index (χ4n) is 4.22. The van der Waals surface area contributed by atoms with Crippen molar-refractivity contribution in [2.75, 3.05) is 5.32 Å². The van der Waals surface area contributed by atoms with Crippen molar-refractivity contribution in [3.05, 3.63) is 100.0 Å². The zero-order valence-electron chi connectivity index (χ0n) is 18.7. The van der Waals surface area contributed by atoms with Gasteiger partial charge in [0.2, 0.25) is 0 Å². The highest BCUT2D eigenvalue weighted by Gasteiger charge is 2.19. The topological polar surface area (TPSA) is 83.8 Å². The molecule has 0 aliphatic carbocycles. The summed E-state index contributed by atoms with van der Waals surface area (Å²) < 4.78 is 6.44. The maximum atomic E-state index is 13.3. The van der Waals surface area contributed by atoms with Gasteiger partial charge in [-0.05, 0) is 44.5 Å². The average Bonchev–Trinajstić information content (AvgIpc) is 3.37. The molecule has 6 heteroatoms. The standard InChI is InChI=1S/C27H24N4O2/c1-16-13-21(18(3)30-23-12-8-7-11-20(23)27-28-15-29-31-27)26-22(14-16)24(32)17(2)25(33-26)19-9-5-4-6-10-19/h4-15,18,30H,1-3H3,(H,28,29,31)/t18-/m1/s1. The number of nitrogens with one attached hydrogen (secondary N) is 2. The first kappa shape index (κ1) is 20.7. The number of anilines is 1. The molecular weight excluding hydrogens is 412 g/mol. The van der Waals surface area contributed by atoms with E-state index in [2.05, 4.69) is 33.5 Å². The van der Waals surface area contributed by atoms with Crippen LogP contribution in [0.3, 0.4) is 0 Å². The third-order valence-corrected chi connectivity index (χ3v) is 5.87. The summed E-state index contributed by atoms with van der Waals surface area (Å²) in [6, 6.07) is 21.5. The lowest BCUT2D eigenvalue weighted by Crippen LogP contribution is -2.13. The maximum absolute atomic E-state index is 13.3. The van der Waals surface area contributed by atoms with Crippen LogP contribution in [0.25, 0.3) is 33.7 Å². The molecule has 5 rings (SSSR count). The van der Waals surface area contributed by atoms with Gasteiger partial charge in [-0.15, -0.1) is 10.2 Å². The Morgan fingerprint density at radius 2 is 1.76 bits per heavy atom. The van der Waals surface area contributed by atoms with Crippen LogP contribution in [-0.4, -0.2) is 15.2 Å². The van der Waals surface area contributed by atoms with Gasteiger partial charge in [-0.1, -0.05) is 48.5 Å². The number of para-hydroxylation sites is 1. The second-order valence-corrected chi connectivity index (χ2v) is 8.23. The van der Waals surface area contributed by atoms with Gasteiger partial charge in [0.25, 0.3) is 0 Å². The maximum Gasteiger partial charge on any atom is 0.196 e. The number of fused-ring (bicyclic) bond motifs is 1. The Balaban J connectivity index is 1.64. The van der Waals surface area contributed by atoms with Crippen LogP contribution >= 0.6 is 0 Å². The minimum absolute atomic E-state index is 0.00527. The minimum atomic E-state index is -0.133. The number of aryl methyl sites for hydroxylation is 1. The van der Waals surface area contributed by atoms with Gasteiger partial charge in [0, 0.05) is 27.9 Å². The van der Waals surface area contributed by atoms with E-state index in [1.165, 1.54) is 0 Å². The molecule has 0 spiro atoms. The summed E-state index contributed by atoms with van der Waals surface area (Å²) in [5.41, 5.74) is 5.86. The molecule has 5 aromatic rings. The number of nitrogens with zero attached hydrogens (tertiary/aromatic N) is 2. The van der Waals surface area contributed by atoms with Crippen LogP contribution in [0.1, 0.15) is 29.7 Å². The number of benzene rings is 3. The van der Waals surface area contributed by atoms with Gasteiger partial charge in [0.15, 0.2) is 11.3 Å². The Morgan fingerprint density at radius 3 is 2.52 bits per heavy atom. The lowest BCUT2D eigenvalue weighted by atomic mass is 9.98. The second-order valence-electron chi connectivity index (χ2n) is 8.23. The van der Waals surface area contributed by atoms with E-state index >= 15 is 0 Å². The molecule has 0 amide bonds. The molecule has 6 nitrogen and oxygen atoms in total. The van der Waals surface area contributed by atoms with Gasteiger partial charge in [-0.3, -0.25) is 4.79 Å². The molecule has 2 N–H and O–H groups in total. The van der Waals surface area contributed by atoms with E-state index < -0.39 is 0 Å². The summed E-state index contributed by atoms with van der Waals surface area (Å²) in [7, 11) is 0. The lowest BCUT2D eigenvalue weighted by molar-refractivity contribution is 0.605. The van der Waals surface area contributed by atoms with Gasteiger partial charge in [0.05, 0.1) is 11.4 Å². The molecule has 0 saturated heterocycles. The van der Waals surface area contributed by atoms with E-state index in [1.54, 1.807) is 6.33 Å². The second kappa shape index (κ2) is 8.39. The molecule has 2 heterocycles. The largest absolute Gasteiger partial charge is 0.455 e. The predicted octanol–water partition coefficient (Wildman–Crippen LogP) is 6.04. The Morgan fingerprint density at radius 1 is 1.00 bits per heavy atom. The molecule has 1 atom stereocenters. The van der Waals surface area contributed by atoms with Crippen LogP contribution in [0.4, 0.5) is 5.69 Å². The molecule has 2 aromatic heterocycles.